The van der Waals surface area contributed by atoms with Gasteiger partial charge in [-0.25, -0.2) is 0 Å². The van der Waals surface area contributed by atoms with Crippen molar-refractivity contribution in [3.63, 3.8) is 0 Å². The van der Waals surface area contributed by atoms with E-state index in [0.717, 1.165) is 31.7 Å². The topological polar surface area (TPSA) is 15.7 Å². The molecule has 1 aromatic carbocycles. The molecule has 0 N–H and O–H groups in total. The Morgan fingerprint density at radius 3 is 2.90 bits per heavy atom. The molecule has 3 heteroatoms. The lowest BCUT2D eigenvalue weighted by Gasteiger charge is -2.23. The van der Waals surface area contributed by atoms with Gasteiger partial charge in [0.25, 0.3) is 0 Å². The molecule has 3 nitrogen and oxygen atoms in total. The third kappa shape index (κ3) is 3.73. The fourth-order valence-corrected chi connectivity index (χ4v) is 3.65. The summed E-state index contributed by atoms with van der Waals surface area (Å²) >= 11 is 0. The van der Waals surface area contributed by atoms with E-state index >= 15 is 0 Å². The van der Waals surface area contributed by atoms with Crippen LogP contribution in [-0.4, -0.2) is 62.3 Å². The molecule has 0 radical (unpaired) electrons. The maximum atomic E-state index is 5.20. The number of hydrogen-bond donors (Lipinski definition) is 0. The quantitative estimate of drug-likeness (QED) is 0.798. The number of nitrogens with zero attached hydrogens (tertiary/aromatic N) is 2. The van der Waals surface area contributed by atoms with Crippen molar-refractivity contribution < 1.29 is 4.74 Å². The minimum absolute atomic E-state index is 0.752. The van der Waals surface area contributed by atoms with E-state index in [-0.39, 0.29) is 0 Å². The van der Waals surface area contributed by atoms with Crippen molar-refractivity contribution in [2.75, 3.05) is 46.4 Å². The molecule has 2 aliphatic rings. The van der Waals surface area contributed by atoms with Crippen molar-refractivity contribution >= 4 is 6.08 Å². The molecule has 0 bridgehead atoms. The molecule has 2 saturated heterocycles. The van der Waals surface area contributed by atoms with Gasteiger partial charge >= 0.3 is 0 Å². The van der Waals surface area contributed by atoms with Crippen molar-refractivity contribution in [1.82, 2.24) is 9.80 Å². The number of ether oxygens (including phenoxy) is 1. The summed E-state index contributed by atoms with van der Waals surface area (Å²) in [5.74, 6) is 0.868. The van der Waals surface area contributed by atoms with Crippen LogP contribution in [0.2, 0.25) is 0 Å². The summed E-state index contributed by atoms with van der Waals surface area (Å²) in [5, 5.41) is 0. The molecule has 0 saturated carbocycles. The van der Waals surface area contributed by atoms with Crippen LogP contribution in [-0.2, 0) is 4.74 Å². The van der Waals surface area contributed by atoms with Gasteiger partial charge in [-0.15, -0.1) is 0 Å². The third-order valence-corrected chi connectivity index (χ3v) is 4.80. The molecule has 114 valence electrons. The molecule has 0 amide bonds. The zero-order valence-corrected chi connectivity index (χ0v) is 12.9. The van der Waals surface area contributed by atoms with Gasteiger partial charge in [0.05, 0.1) is 6.61 Å². The summed E-state index contributed by atoms with van der Waals surface area (Å²) in [6.45, 7) is 6.74. The molecule has 2 aliphatic heterocycles. The highest BCUT2D eigenvalue weighted by atomic mass is 16.5. The summed E-state index contributed by atoms with van der Waals surface area (Å²) in [6.07, 6.45) is 5.91. The molecule has 2 atom stereocenters. The zero-order valence-electron chi connectivity index (χ0n) is 12.9. The minimum Gasteiger partial charge on any atom is -0.383 e. The van der Waals surface area contributed by atoms with E-state index in [2.05, 4.69) is 52.3 Å². The lowest BCUT2D eigenvalue weighted by molar-refractivity contribution is 0.152. The van der Waals surface area contributed by atoms with E-state index in [1.165, 1.54) is 31.6 Å². The second-order valence-electron chi connectivity index (χ2n) is 6.18. The van der Waals surface area contributed by atoms with Crippen LogP contribution in [0.3, 0.4) is 0 Å². The molecule has 1 aromatic rings. The van der Waals surface area contributed by atoms with E-state index in [9.17, 15) is 0 Å². The van der Waals surface area contributed by atoms with Crippen molar-refractivity contribution in [2.24, 2.45) is 5.92 Å². The van der Waals surface area contributed by atoms with E-state index in [4.69, 9.17) is 4.74 Å². The van der Waals surface area contributed by atoms with Crippen LogP contribution in [0.4, 0.5) is 0 Å². The summed E-state index contributed by atoms with van der Waals surface area (Å²) in [6, 6.07) is 11.3. The number of benzene rings is 1. The highest BCUT2D eigenvalue weighted by Gasteiger charge is 2.40. The Bertz CT molecular complexity index is 460. The first-order valence-electron chi connectivity index (χ1n) is 8.04. The monoisotopic (exact) mass is 286 g/mol. The Labute approximate surface area is 128 Å². The first kappa shape index (κ1) is 14.8. The van der Waals surface area contributed by atoms with Crippen molar-refractivity contribution in [3.05, 3.63) is 42.0 Å². The summed E-state index contributed by atoms with van der Waals surface area (Å²) in [7, 11) is 1.79. The highest BCUT2D eigenvalue weighted by Crippen LogP contribution is 2.31. The van der Waals surface area contributed by atoms with Crippen molar-refractivity contribution in [1.29, 1.82) is 0 Å². The summed E-state index contributed by atoms with van der Waals surface area (Å²) in [4.78, 5) is 5.21. The number of likely N-dealkylation sites (tertiary alicyclic amines) is 2. The van der Waals surface area contributed by atoms with Crippen LogP contribution >= 0.6 is 0 Å². The molecule has 3 rings (SSSR count). The van der Waals surface area contributed by atoms with Gasteiger partial charge < -0.3 is 4.74 Å². The molecule has 0 unspecified atom stereocenters. The van der Waals surface area contributed by atoms with Gasteiger partial charge in [-0.2, -0.15) is 0 Å². The van der Waals surface area contributed by atoms with Crippen LogP contribution in [0.1, 0.15) is 12.0 Å². The maximum absolute atomic E-state index is 5.20. The Kier molecular flexibility index (Phi) is 5.07. The number of hydrogen-bond acceptors (Lipinski definition) is 3. The lowest BCUT2D eigenvalue weighted by atomic mass is 10.1. The third-order valence-electron chi connectivity index (χ3n) is 4.80. The normalized spacial score (nSPS) is 26.7. The van der Waals surface area contributed by atoms with Crippen LogP contribution in [0.5, 0.6) is 0 Å². The van der Waals surface area contributed by atoms with Crippen LogP contribution in [0.15, 0.2) is 36.4 Å². The average Bonchev–Trinajstić information content (AvgIpc) is 3.07. The molecule has 2 heterocycles. The minimum atomic E-state index is 0.752. The van der Waals surface area contributed by atoms with Crippen molar-refractivity contribution in [2.45, 2.75) is 12.5 Å². The smallest absolute Gasteiger partial charge is 0.0589 e. The van der Waals surface area contributed by atoms with Gasteiger partial charge in [0, 0.05) is 39.3 Å². The Balaban J connectivity index is 1.50. The van der Waals surface area contributed by atoms with Gasteiger partial charge in [-0.3, -0.25) is 9.80 Å². The Hall–Kier alpha value is -1.16. The standard InChI is InChI=1S/C18H26N2O/c1-21-13-12-19-14-17-9-11-20(18(17)15-19)10-5-8-16-6-3-2-4-7-16/h2-8,17-18H,9-15H2,1H3/b8-5+/t17-,18+/m1/s1. The Morgan fingerprint density at radius 2 is 2.10 bits per heavy atom. The second kappa shape index (κ2) is 7.21. The summed E-state index contributed by atoms with van der Waals surface area (Å²) in [5.41, 5.74) is 1.29. The lowest BCUT2D eigenvalue weighted by Crippen LogP contribution is -2.36. The van der Waals surface area contributed by atoms with Crippen molar-refractivity contribution in [3.8, 4) is 0 Å². The first-order valence-corrected chi connectivity index (χ1v) is 8.04. The predicted octanol–water partition coefficient (Wildman–Crippen LogP) is 2.35. The fraction of sp³-hybridized carbons (Fsp3) is 0.556. The highest BCUT2D eigenvalue weighted by molar-refractivity contribution is 5.48. The Morgan fingerprint density at radius 1 is 1.24 bits per heavy atom. The zero-order chi connectivity index (χ0) is 14.5. The van der Waals surface area contributed by atoms with Gasteiger partial charge in [-0.05, 0) is 24.4 Å². The molecule has 21 heavy (non-hydrogen) atoms. The number of fused-ring (bicyclic) bond motifs is 1. The van der Waals surface area contributed by atoms with Crippen LogP contribution in [0, 0.1) is 5.92 Å². The molecular formula is C18H26N2O. The van der Waals surface area contributed by atoms with Crippen LogP contribution < -0.4 is 0 Å². The van der Waals surface area contributed by atoms with E-state index in [1.807, 2.05) is 0 Å². The predicted molar refractivity (Wildman–Crippen MR) is 87.3 cm³/mol. The number of methoxy groups -OCH3 is 1. The molecular weight excluding hydrogens is 260 g/mol. The molecule has 0 aliphatic carbocycles. The number of rotatable bonds is 6. The maximum Gasteiger partial charge on any atom is 0.0589 e. The van der Waals surface area contributed by atoms with Crippen LogP contribution in [0.25, 0.3) is 6.08 Å². The molecule has 0 aromatic heterocycles. The van der Waals surface area contributed by atoms with Gasteiger partial charge in [-0.1, -0.05) is 42.5 Å². The van der Waals surface area contributed by atoms with Gasteiger partial charge in [0.1, 0.15) is 0 Å². The van der Waals surface area contributed by atoms with E-state index in [0.29, 0.717) is 0 Å². The second-order valence-corrected chi connectivity index (χ2v) is 6.18. The van der Waals surface area contributed by atoms with E-state index < -0.39 is 0 Å². The SMILES string of the molecule is COCCN1C[C@H]2CCN(C/C=C/c3ccccc3)[C@H]2C1. The summed E-state index contributed by atoms with van der Waals surface area (Å²) < 4.78 is 5.20. The first-order chi connectivity index (χ1) is 10.4. The largest absolute Gasteiger partial charge is 0.383 e. The molecule has 0 spiro atoms. The van der Waals surface area contributed by atoms with Gasteiger partial charge in [0.15, 0.2) is 0 Å². The fourth-order valence-electron chi connectivity index (χ4n) is 3.65. The van der Waals surface area contributed by atoms with E-state index in [1.54, 1.807) is 7.11 Å². The van der Waals surface area contributed by atoms with Gasteiger partial charge in [0.2, 0.25) is 0 Å². The average molecular weight is 286 g/mol. The molecule has 2 fully saturated rings.